The van der Waals surface area contributed by atoms with Crippen molar-refractivity contribution in [1.29, 1.82) is 0 Å². The fraction of sp³-hybridized carbons (Fsp3) is 0.444. The van der Waals surface area contributed by atoms with Crippen LogP contribution in [0.5, 0.6) is 5.88 Å². The highest BCUT2D eigenvalue weighted by atomic mass is 35.5. The maximum Gasteiger partial charge on any atom is 0.328 e. The van der Waals surface area contributed by atoms with Gasteiger partial charge in [-0.1, -0.05) is 25.4 Å². The van der Waals surface area contributed by atoms with Gasteiger partial charge in [0.25, 0.3) is 5.91 Å². The molecule has 2 heterocycles. The quantitative estimate of drug-likeness (QED) is 0.650. The highest BCUT2D eigenvalue weighted by Crippen LogP contribution is 2.33. The Morgan fingerprint density at radius 1 is 1.29 bits per heavy atom. The molecule has 0 aromatic carbocycles. The third-order valence-corrected chi connectivity index (χ3v) is 4.10. The number of nitrogens with zero attached hydrogens (tertiary/aromatic N) is 3. The van der Waals surface area contributed by atoms with Crippen molar-refractivity contribution >= 4 is 35.1 Å². The fourth-order valence-corrected chi connectivity index (χ4v) is 2.56. The van der Waals surface area contributed by atoms with E-state index in [1.807, 2.05) is 0 Å². The van der Waals surface area contributed by atoms with E-state index >= 15 is 0 Å². The Kier molecular flexibility index (Phi) is 9.40. The minimum atomic E-state index is -1.26. The standard InChI is InChI=1S/C14H20ClN3O2.C4H4O4/c1-4-17(5-2)6-7-18-12-8-11(15)9-16-13(12)20-10(3)14(18)19;5-3(6)1-2-4(7)8/h8-10H,4-7H2,1-3H3;1-2H,(H,5,6)(H,7,8)/b;2-1+. The van der Waals surface area contributed by atoms with Gasteiger partial charge in [0.05, 0.1) is 5.02 Å². The number of carboxylic acid groups (broad SMARTS) is 2. The van der Waals surface area contributed by atoms with Gasteiger partial charge >= 0.3 is 11.9 Å². The summed E-state index contributed by atoms with van der Waals surface area (Å²) in [5.74, 6) is -2.09. The summed E-state index contributed by atoms with van der Waals surface area (Å²) in [5, 5.41) is 16.1. The van der Waals surface area contributed by atoms with Crippen LogP contribution in [0.2, 0.25) is 5.02 Å². The lowest BCUT2D eigenvalue weighted by atomic mass is 10.2. The van der Waals surface area contributed by atoms with Gasteiger partial charge in [-0.3, -0.25) is 4.79 Å². The summed E-state index contributed by atoms with van der Waals surface area (Å²) in [6, 6.07) is 1.73. The lowest BCUT2D eigenvalue weighted by molar-refractivity contribution is -0.134. The van der Waals surface area contributed by atoms with Crippen LogP contribution in [0.4, 0.5) is 5.69 Å². The number of likely N-dealkylation sites (N-methyl/N-ethyl adjacent to an activating group) is 1. The number of ether oxygens (including phenoxy) is 1. The molecule has 0 saturated heterocycles. The summed E-state index contributed by atoms with van der Waals surface area (Å²) < 4.78 is 5.51. The van der Waals surface area contributed by atoms with Crippen molar-refractivity contribution in [3.05, 3.63) is 29.4 Å². The number of hydrogen-bond acceptors (Lipinski definition) is 6. The molecule has 1 aliphatic heterocycles. The number of carbonyl (C=O) groups excluding carboxylic acids is 1. The fourth-order valence-electron chi connectivity index (χ4n) is 2.41. The monoisotopic (exact) mass is 413 g/mol. The predicted octanol–water partition coefficient (Wildman–Crippen LogP) is 1.90. The molecule has 2 rings (SSSR count). The average molecular weight is 414 g/mol. The van der Waals surface area contributed by atoms with Crippen LogP contribution in [0.25, 0.3) is 0 Å². The number of pyridine rings is 1. The molecule has 1 aliphatic rings. The first kappa shape index (κ1) is 23.4. The molecule has 1 atom stereocenters. The van der Waals surface area contributed by atoms with Crippen LogP contribution in [0.15, 0.2) is 24.4 Å². The summed E-state index contributed by atoms with van der Waals surface area (Å²) >= 11 is 5.98. The van der Waals surface area contributed by atoms with Crippen molar-refractivity contribution in [2.45, 2.75) is 26.9 Å². The van der Waals surface area contributed by atoms with Crippen LogP contribution in [0.1, 0.15) is 20.8 Å². The molecule has 9 nitrogen and oxygen atoms in total. The van der Waals surface area contributed by atoms with Gasteiger partial charge < -0.3 is 24.7 Å². The molecule has 0 saturated carbocycles. The third-order valence-electron chi connectivity index (χ3n) is 3.89. The van der Waals surface area contributed by atoms with E-state index in [0.717, 1.165) is 19.6 Å². The molecule has 0 aliphatic carbocycles. The van der Waals surface area contributed by atoms with Crippen LogP contribution >= 0.6 is 11.6 Å². The van der Waals surface area contributed by atoms with Crippen LogP contribution in [-0.4, -0.2) is 70.2 Å². The van der Waals surface area contributed by atoms with Crippen molar-refractivity contribution in [2.75, 3.05) is 31.1 Å². The van der Waals surface area contributed by atoms with Crippen molar-refractivity contribution in [3.8, 4) is 5.88 Å². The Hall–Kier alpha value is -2.65. The van der Waals surface area contributed by atoms with Crippen molar-refractivity contribution < 1.29 is 29.3 Å². The molecule has 1 unspecified atom stereocenters. The maximum absolute atomic E-state index is 12.3. The first-order valence-electron chi connectivity index (χ1n) is 8.69. The van der Waals surface area contributed by atoms with E-state index in [4.69, 9.17) is 26.6 Å². The molecular weight excluding hydrogens is 390 g/mol. The lowest BCUT2D eigenvalue weighted by Crippen LogP contribution is -2.47. The van der Waals surface area contributed by atoms with Gasteiger partial charge in [-0.05, 0) is 26.1 Å². The number of fused-ring (bicyclic) bond motifs is 1. The zero-order valence-electron chi connectivity index (χ0n) is 16.0. The number of rotatable bonds is 7. The van der Waals surface area contributed by atoms with E-state index in [1.54, 1.807) is 17.9 Å². The molecule has 1 aromatic heterocycles. The number of anilines is 1. The molecule has 0 bridgehead atoms. The smallest absolute Gasteiger partial charge is 0.328 e. The van der Waals surface area contributed by atoms with Crippen molar-refractivity contribution in [1.82, 2.24) is 9.88 Å². The molecule has 28 heavy (non-hydrogen) atoms. The summed E-state index contributed by atoms with van der Waals surface area (Å²) in [6.45, 7) is 9.32. The van der Waals surface area contributed by atoms with Gasteiger partial charge in [-0.2, -0.15) is 0 Å². The second kappa shape index (κ2) is 11.3. The summed E-state index contributed by atoms with van der Waals surface area (Å²) in [6.07, 6.45) is 2.14. The van der Waals surface area contributed by atoms with Gasteiger partial charge in [0.1, 0.15) is 5.69 Å². The van der Waals surface area contributed by atoms with E-state index in [-0.39, 0.29) is 5.91 Å². The van der Waals surface area contributed by atoms with Crippen LogP contribution in [0, 0.1) is 0 Å². The number of amides is 1. The Labute approximate surface area is 168 Å². The number of aromatic nitrogens is 1. The number of carboxylic acids is 2. The Morgan fingerprint density at radius 3 is 2.36 bits per heavy atom. The van der Waals surface area contributed by atoms with Gasteiger partial charge in [-0.15, -0.1) is 0 Å². The van der Waals surface area contributed by atoms with Crippen molar-refractivity contribution in [2.24, 2.45) is 0 Å². The number of aliphatic carboxylic acids is 2. The number of carbonyl (C=O) groups is 3. The summed E-state index contributed by atoms with van der Waals surface area (Å²) in [5.41, 5.74) is 0.660. The molecule has 154 valence electrons. The maximum atomic E-state index is 12.3. The Morgan fingerprint density at radius 2 is 1.86 bits per heavy atom. The van der Waals surface area contributed by atoms with Gasteiger partial charge in [-0.25, -0.2) is 14.6 Å². The summed E-state index contributed by atoms with van der Waals surface area (Å²) in [7, 11) is 0. The van der Waals surface area contributed by atoms with E-state index in [2.05, 4.69) is 23.7 Å². The normalized spacial score (nSPS) is 15.7. The van der Waals surface area contributed by atoms with Gasteiger partial charge in [0.15, 0.2) is 6.10 Å². The average Bonchev–Trinajstić information content (AvgIpc) is 2.64. The highest BCUT2D eigenvalue weighted by Gasteiger charge is 2.32. The summed E-state index contributed by atoms with van der Waals surface area (Å²) in [4.78, 5) is 39.6. The molecule has 0 spiro atoms. The molecule has 10 heteroatoms. The number of hydrogen-bond donors (Lipinski definition) is 2. The zero-order valence-corrected chi connectivity index (χ0v) is 16.7. The SMILES string of the molecule is CCN(CC)CCN1C(=O)C(C)Oc2ncc(Cl)cc21.O=C(O)/C=C/C(=O)O. The zero-order chi connectivity index (χ0) is 21.3. The van der Waals surface area contributed by atoms with Crippen molar-refractivity contribution in [3.63, 3.8) is 0 Å². The van der Waals surface area contributed by atoms with Crippen LogP contribution < -0.4 is 9.64 Å². The van der Waals surface area contributed by atoms with E-state index in [9.17, 15) is 14.4 Å². The molecule has 2 N–H and O–H groups in total. The minimum absolute atomic E-state index is 0.0475. The second-order valence-corrected chi connectivity index (χ2v) is 6.20. The Balaban J connectivity index is 0.000000416. The lowest BCUT2D eigenvalue weighted by Gasteiger charge is -2.33. The largest absolute Gasteiger partial charge is 0.478 e. The first-order chi connectivity index (χ1) is 13.2. The molecule has 0 fully saturated rings. The van der Waals surface area contributed by atoms with E-state index in [1.165, 1.54) is 6.20 Å². The van der Waals surface area contributed by atoms with Gasteiger partial charge in [0.2, 0.25) is 5.88 Å². The highest BCUT2D eigenvalue weighted by molar-refractivity contribution is 6.30. The predicted molar refractivity (Wildman–Crippen MR) is 104 cm³/mol. The molecular formula is C18H24ClN3O6. The van der Waals surface area contributed by atoms with E-state index in [0.29, 0.717) is 35.3 Å². The topological polar surface area (TPSA) is 120 Å². The third kappa shape index (κ3) is 7.16. The Bertz CT molecular complexity index is 720. The molecule has 1 aromatic rings. The van der Waals surface area contributed by atoms with Gasteiger partial charge in [0, 0.05) is 31.4 Å². The first-order valence-corrected chi connectivity index (χ1v) is 9.07. The molecule has 0 radical (unpaired) electrons. The van der Waals surface area contributed by atoms with Crippen LogP contribution in [0.3, 0.4) is 0 Å². The number of halogens is 1. The van der Waals surface area contributed by atoms with Crippen LogP contribution in [-0.2, 0) is 14.4 Å². The second-order valence-electron chi connectivity index (χ2n) is 5.76. The molecule has 1 amide bonds. The minimum Gasteiger partial charge on any atom is -0.478 e. The van der Waals surface area contributed by atoms with E-state index < -0.39 is 18.0 Å².